The molecular weight excluding hydrogens is 308 g/mol. The van der Waals surface area contributed by atoms with Crippen molar-refractivity contribution in [3.8, 4) is 0 Å². The van der Waals surface area contributed by atoms with E-state index in [4.69, 9.17) is 4.74 Å². The molecule has 134 valence electrons. The van der Waals surface area contributed by atoms with Gasteiger partial charge in [0.15, 0.2) is 0 Å². The van der Waals surface area contributed by atoms with Gasteiger partial charge in [0.1, 0.15) is 6.54 Å². The summed E-state index contributed by atoms with van der Waals surface area (Å²) in [5.74, 6) is -0.342. The highest BCUT2D eigenvalue weighted by molar-refractivity contribution is 6.07. The van der Waals surface area contributed by atoms with Crippen LogP contribution in [0.2, 0.25) is 0 Å². The Morgan fingerprint density at radius 3 is 2.38 bits per heavy atom. The van der Waals surface area contributed by atoms with E-state index in [1.165, 1.54) is 4.90 Å². The number of amides is 3. The monoisotopic (exact) mass is 336 g/mol. The SMILES string of the molecule is CCOC[C@@H]1CCCN(C(=O)CN2C(=O)[C@@H]3CCCC[C@H]3C2=O)C1. The van der Waals surface area contributed by atoms with Crippen LogP contribution >= 0.6 is 0 Å². The minimum atomic E-state index is -0.175. The van der Waals surface area contributed by atoms with Crippen LogP contribution in [0.3, 0.4) is 0 Å². The first-order valence-corrected chi connectivity index (χ1v) is 9.32. The summed E-state index contributed by atoms with van der Waals surface area (Å²) in [7, 11) is 0. The quantitative estimate of drug-likeness (QED) is 0.713. The molecule has 2 heterocycles. The van der Waals surface area contributed by atoms with Crippen molar-refractivity contribution in [2.45, 2.75) is 45.4 Å². The molecule has 0 radical (unpaired) electrons. The van der Waals surface area contributed by atoms with Gasteiger partial charge in [0.25, 0.3) is 0 Å². The third-order valence-corrected chi connectivity index (χ3v) is 5.66. The van der Waals surface area contributed by atoms with E-state index < -0.39 is 0 Å². The Morgan fingerprint density at radius 1 is 1.08 bits per heavy atom. The third-order valence-electron chi connectivity index (χ3n) is 5.66. The second-order valence-corrected chi connectivity index (χ2v) is 7.27. The Bertz CT molecular complexity index is 483. The standard InChI is InChI=1S/C18H28N2O4/c1-2-24-12-13-6-5-9-19(10-13)16(21)11-20-17(22)14-7-3-4-8-15(14)18(20)23/h13-15H,2-12H2,1H3/t13-,14-,15-/m1/s1. The number of carbonyl (C=O) groups is 3. The molecular formula is C18H28N2O4. The fourth-order valence-electron chi connectivity index (χ4n) is 4.33. The molecule has 3 aliphatic rings. The van der Waals surface area contributed by atoms with Crippen LogP contribution in [0.25, 0.3) is 0 Å². The molecule has 3 fully saturated rings. The van der Waals surface area contributed by atoms with E-state index in [0.717, 1.165) is 38.5 Å². The van der Waals surface area contributed by atoms with Gasteiger partial charge in [-0.2, -0.15) is 0 Å². The van der Waals surface area contributed by atoms with Crippen molar-refractivity contribution in [1.82, 2.24) is 9.80 Å². The molecule has 3 rings (SSSR count). The summed E-state index contributed by atoms with van der Waals surface area (Å²) >= 11 is 0. The Kier molecular flexibility index (Phi) is 5.54. The molecule has 0 spiro atoms. The maximum atomic E-state index is 12.6. The molecule has 0 aromatic rings. The molecule has 24 heavy (non-hydrogen) atoms. The average molecular weight is 336 g/mol. The lowest BCUT2D eigenvalue weighted by Crippen LogP contribution is -2.47. The number of hydrogen-bond donors (Lipinski definition) is 0. The molecule has 0 N–H and O–H groups in total. The molecule has 0 aromatic carbocycles. The fourth-order valence-corrected chi connectivity index (χ4v) is 4.33. The van der Waals surface area contributed by atoms with E-state index in [1.807, 2.05) is 6.92 Å². The maximum Gasteiger partial charge on any atom is 0.242 e. The maximum absolute atomic E-state index is 12.6. The van der Waals surface area contributed by atoms with Crippen LogP contribution < -0.4 is 0 Å². The van der Waals surface area contributed by atoms with Crippen LogP contribution in [-0.4, -0.2) is 60.4 Å². The summed E-state index contributed by atoms with van der Waals surface area (Å²) in [6.07, 6.45) is 5.62. The molecule has 0 bridgehead atoms. The number of hydrogen-bond acceptors (Lipinski definition) is 4. The molecule has 3 atom stereocenters. The topological polar surface area (TPSA) is 66.9 Å². The number of carbonyl (C=O) groups excluding carboxylic acids is 3. The van der Waals surface area contributed by atoms with E-state index in [1.54, 1.807) is 4.90 Å². The minimum absolute atomic E-state index is 0.0774. The summed E-state index contributed by atoms with van der Waals surface area (Å²) in [4.78, 5) is 40.6. The van der Waals surface area contributed by atoms with Gasteiger partial charge in [-0.3, -0.25) is 19.3 Å². The Labute approximate surface area is 143 Å². The Morgan fingerprint density at radius 2 is 1.75 bits per heavy atom. The van der Waals surface area contributed by atoms with Crippen molar-refractivity contribution in [3.63, 3.8) is 0 Å². The van der Waals surface area contributed by atoms with Crippen molar-refractivity contribution < 1.29 is 19.1 Å². The predicted molar refractivity (Wildman–Crippen MR) is 88.0 cm³/mol. The van der Waals surface area contributed by atoms with Crippen molar-refractivity contribution in [3.05, 3.63) is 0 Å². The van der Waals surface area contributed by atoms with Crippen molar-refractivity contribution in [2.24, 2.45) is 17.8 Å². The smallest absolute Gasteiger partial charge is 0.242 e. The normalized spacial score (nSPS) is 30.6. The van der Waals surface area contributed by atoms with E-state index in [9.17, 15) is 14.4 Å². The van der Waals surface area contributed by atoms with Crippen molar-refractivity contribution in [2.75, 3.05) is 32.8 Å². The van der Waals surface area contributed by atoms with Crippen LogP contribution in [0.1, 0.15) is 45.4 Å². The molecule has 2 saturated heterocycles. The van der Waals surface area contributed by atoms with E-state index in [0.29, 0.717) is 32.2 Å². The summed E-state index contributed by atoms with van der Waals surface area (Å²) in [6.45, 7) is 4.63. The van der Waals surface area contributed by atoms with Crippen LogP contribution in [0.5, 0.6) is 0 Å². The minimum Gasteiger partial charge on any atom is -0.381 e. The molecule has 0 aromatic heterocycles. The van der Waals surface area contributed by atoms with Gasteiger partial charge >= 0.3 is 0 Å². The van der Waals surface area contributed by atoms with E-state index in [-0.39, 0.29) is 36.1 Å². The van der Waals surface area contributed by atoms with E-state index in [2.05, 4.69) is 0 Å². The summed E-state index contributed by atoms with van der Waals surface area (Å²) in [5, 5.41) is 0. The third kappa shape index (κ3) is 3.48. The lowest BCUT2D eigenvalue weighted by molar-refractivity contribution is -0.147. The first-order valence-electron chi connectivity index (χ1n) is 9.32. The average Bonchev–Trinajstić information content (AvgIpc) is 2.85. The number of likely N-dealkylation sites (tertiary alicyclic amines) is 2. The molecule has 3 amide bonds. The summed E-state index contributed by atoms with van der Waals surface area (Å²) in [6, 6.07) is 0. The van der Waals surface area contributed by atoms with Gasteiger partial charge in [-0.1, -0.05) is 12.8 Å². The highest BCUT2D eigenvalue weighted by Gasteiger charge is 2.48. The molecule has 1 saturated carbocycles. The second kappa shape index (κ2) is 7.64. The number of ether oxygens (including phenoxy) is 1. The van der Waals surface area contributed by atoms with Crippen molar-refractivity contribution in [1.29, 1.82) is 0 Å². The van der Waals surface area contributed by atoms with Gasteiger partial charge in [0, 0.05) is 19.7 Å². The highest BCUT2D eigenvalue weighted by atomic mass is 16.5. The summed E-state index contributed by atoms with van der Waals surface area (Å²) < 4.78 is 5.48. The number of nitrogens with zero attached hydrogens (tertiary/aromatic N) is 2. The predicted octanol–water partition coefficient (Wildman–Crippen LogP) is 1.44. The van der Waals surface area contributed by atoms with Crippen molar-refractivity contribution >= 4 is 17.7 Å². The molecule has 0 unspecified atom stereocenters. The Balaban J connectivity index is 1.58. The van der Waals surface area contributed by atoms with Gasteiger partial charge < -0.3 is 9.64 Å². The zero-order chi connectivity index (χ0) is 17.1. The largest absolute Gasteiger partial charge is 0.381 e. The lowest BCUT2D eigenvalue weighted by atomic mass is 9.81. The van der Waals surface area contributed by atoms with Crippen LogP contribution in [0, 0.1) is 17.8 Å². The second-order valence-electron chi connectivity index (χ2n) is 7.27. The zero-order valence-electron chi connectivity index (χ0n) is 14.5. The molecule has 6 heteroatoms. The lowest BCUT2D eigenvalue weighted by Gasteiger charge is -2.33. The van der Waals surface area contributed by atoms with Crippen LogP contribution in [0.4, 0.5) is 0 Å². The first kappa shape index (κ1) is 17.4. The van der Waals surface area contributed by atoms with Crippen LogP contribution in [-0.2, 0) is 19.1 Å². The number of imide groups is 1. The van der Waals surface area contributed by atoms with Crippen LogP contribution in [0.15, 0.2) is 0 Å². The number of fused-ring (bicyclic) bond motifs is 1. The zero-order valence-corrected chi connectivity index (χ0v) is 14.5. The van der Waals surface area contributed by atoms with Gasteiger partial charge in [-0.15, -0.1) is 0 Å². The fraction of sp³-hybridized carbons (Fsp3) is 0.833. The van der Waals surface area contributed by atoms with Gasteiger partial charge in [-0.25, -0.2) is 0 Å². The van der Waals surface area contributed by atoms with Gasteiger partial charge in [-0.05, 0) is 38.5 Å². The molecule has 2 aliphatic heterocycles. The number of piperidine rings is 1. The van der Waals surface area contributed by atoms with E-state index >= 15 is 0 Å². The van der Waals surface area contributed by atoms with Gasteiger partial charge in [0.2, 0.25) is 17.7 Å². The summed E-state index contributed by atoms with van der Waals surface area (Å²) in [5.41, 5.74) is 0. The molecule has 6 nitrogen and oxygen atoms in total. The number of rotatable bonds is 5. The first-order chi connectivity index (χ1) is 11.6. The highest BCUT2D eigenvalue weighted by Crippen LogP contribution is 2.37. The Hall–Kier alpha value is -1.43. The van der Waals surface area contributed by atoms with Gasteiger partial charge in [0.05, 0.1) is 18.4 Å². The molecule has 1 aliphatic carbocycles.